The van der Waals surface area contributed by atoms with Crippen LogP contribution in [0, 0.1) is 0 Å². The van der Waals surface area contributed by atoms with Crippen molar-refractivity contribution in [2.24, 2.45) is 10.8 Å². The van der Waals surface area contributed by atoms with Gasteiger partial charge in [0.05, 0.1) is 5.71 Å². The second-order valence-corrected chi connectivity index (χ2v) is 4.35. The van der Waals surface area contributed by atoms with Crippen LogP contribution in [0.5, 0.6) is 5.75 Å². The number of hydrazone groups is 1. The number of ether oxygens (including phenoxy) is 1. The third-order valence-corrected chi connectivity index (χ3v) is 2.70. The molecule has 0 amide bonds. The Hall–Kier alpha value is -1.95. The van der Waals surface area contributed by atoms with Crippen LogP contribution >= 0.6 is 12.2 Å². The molecule has 2 rings (SSSR count). The first-order valence-electron chi connectivity index (χ1n) is 5.50. The van der Waals surface area contributed by atoms with E-state index in [0.717, 1.165) is 29.7 Å². The van der Waals surface area contributed by atoms with Crippen LogP contribution in [0.1, 0.15) is 24.5 Å². The first kappa shape index (κ1) is 12.5. The molecule has 0 bridgehead atoms. The largest absolute Gasteiger partial charge is 0.426 e. The fraction of sp³-hybridized carbons (Fsp3) is 0.250. The normalized spacial score (nSPS) is 15.3. The van der Waals surface area contributed by atoms with Crippen molar-refractivity contribution in [1.29, 1.82) is 0 Å². The molecule has 18 heavy (non-hydrogen) atoms. The molecular weight excluding hydrogens is 250 g/mol. The lowest BCUT2D eigenvalue weighted by Crippen LogP contribution is -2.25. The summed E-state index contributed by atoms with van der Waals surface area (Å²) in [5, 5.41) is 4.28. The van der Waals surface area contributed by atoms with E-state index in [9.17, 15) is 4.79 Å². The first-order valence-corrected chi connectivity index (χ1v) is 5.91. The molecule has 0 radical (unpaired) electrons. The maximum Gasteiger partial charge on any atom is 0.308 e. The molecule has 0 aromatic heterocycles. The summed E-state index contributed by atoms with van der Waals surface area (Å²) in [5.74, 6) is 0.274. The Morgan fingerprint density at radius 3 is 2.94 bits per heavy atom. The molecule has 0 fully saturated rings. The summed E-state index contributed by atoms with van der Waals surface area (Å²) in [7, 11) is 0. The minimum absolute atomic E-state index is 0.132. The van der Waals surface area contributed by atoms with Gasteiger partial charge < -0.3 is 10.5 Å². The molecule has 0 saturated carbocycles. The molecule has 0 saturated heterocycles. The minimum atomic E-state index is -0.324. The van der Waals surface area contributed by atoms with Crippen LogP contribution in [0.4, 0.5) is 0 Å². The minimum Gasteiger partial charge on any atom is -0.426 e. The number of benzene rings is 1. The molecule has 3 N–H and O–H groups in total. The van der Waals surface area contributed by atoms with E-state index < -0.39 is 0 Å². The van der Waals surface area contributed by atoms with Crippen molar-refractivity contribution in [3.63, 3.8) is 0 Å². The number of esters is 1. The molecule has 1 aliphatic rings. The number of carbonyl (C=O) groups is 1. The zero-order valence-corrected chi connectivity index (χ0v) is 10.7. The molecule has 1 aromatic rings. The number of nitrogens with one attached hydrogen (secondary N) is 1. The van der Waals surface area contributed by atoms with Crippen LogP contribution in [0.25, 0.3) is 0 Å². The summed E-state index contributed by atoms with van der Waals surface area (Å²) in [6.07, 6.45) is 1.56. The molecule has 0 heterocycles. The van der Waals surface area contributed by atoms with Crippen LogP contribution in [-0.2, 0) is 11.2 Å². The third-order valence-electron chi connectivity index (χ3n) is 2.61. The van der Waals surface area contributed by atoms with E-state index in [-0.39, 0.29) is 11.1 Å². The highest BCUT2D eigenvalue weighted by molar-refractivity contribution is 7.80. The van der Waals surface area contributed by atoms with E-state index >= 15 is 0 Å². The fourth-order valence-electron chi connectivity index (χ4n) is 1.96. The van der Waals surface area contributed by atoms with Crippen LogP contribution in [0.3, 0.4) is 0 Å². The van der Waals surface area contributed by atoms with Gasteiger partial charge in [-0.3, -0.25) is 10.2 Å². The standard InChI is InChI=1S/C12H13N3O2S/c1-7(16)17-11-4-2-3-8-9(11)5-6-10(8)14-15-12(13)18/h2-4H,5-6H2,1H3,(H3,13,15,18). The topological polar surface area (TPSA) is 76.7 Å². The average molecular weight is 263 g/mol. The number of fused-ring (bicyclic) bond motifs is 1. The Balaban J connectivity index is 2.31. The second-order valence-electron chi connectivity index (χ2n) is 3.91. The predicted octanol–water partition coefficient (Wildman–Crippen LogP) is 1.10. The number of nitrogens with zero attached hydrogens (tertiary/aromatic N) is 1. The number of rotatable bonds is 2. The van der Waals surface area contributed by atoms with E-state index in [1.807, 2.05) is 12.1 Å². The number of carbonyl (C=O) groups excluding carboxylic acids is 1. The number of hydrogen-bond acceptors (Lipinski definition) is 4. The maximum atomic E-state index is 11.0. The molecule has 1 aromatic carbocycles. The maximum absolute atomic E-state index is 11.0. The van der Waals surface area contributed by atoms with Gasteiger partial charge in [0.1, 0.15) is 5.75 Å². The Labute approximate surface area is 110 Å². The lowest BCUT2D eigenvalue weighted by atomic mass is 10.1. The van der Waals surface area contributed by atoms with Crippen molar-refractivity contribution < 1.29 is 9.53 Å². The van der Waals surface area contributed by atoms with Gasteiger partial charge in [0, 0.05) is 18.1 Å². The van der Waals surface area contributed by atoms with Gasteiger partial charge in [-0.25, -0.2) is 0 Å². The van der Waals surface area contributed by atoms with Gasteiger partial charge in [0.15, 0.2) is 5.11 Å². The molecule has 94 valence electrons. The molecule has 0 aliphatic heterocycles. The van der Waals surface area contributed by atoms with Crippen molar-refractivity contribution >= 4 is 29.0 Å². The van der Waals surface area contributed by atoms with Crippen LogP contribution in [-0.4, -0.2) is 16.8 Å². The number of nitrogens with two attached hydrogens (primary N) is 1. The quantitative estimate of drug-likeness (QED) is 0.361. The molecule has 0 unspecified atom stereocenters. The van der Waals surface area contributed by atoms with Gasteiger partial charge in [-0.05, 0) is 31.1 Å². The Bertz CT molecular complexity index is 540. The van der Waals surface area contributed by atoms with E-state index in [2.05, 4.69) is 10.5 Å². The van der Waals surface area contributed by atoms with Crippen LogP contribution < -0.4 is 15.9 Å². The highest BCUT2D eigenvalue weighted by atomic mass is 32.1. The number of thiocarbonyl (C=S) groups is 1. The van der Waals surface area contributed by atoms with Crippen molar-refractivity contribution in [2.45, 2.75) is 19.8 Å². The van der Waals surface area contributed by atoms with Gasteiger partial charge in [0.2, 0.25) is 0 Å². The molecule has 1 aliphatic carbocycles. The van der Waals surface area contributed by atoms with Crippen molar-refractivity contribution in [2.75, 3.05) is 0 Å². The summed E-state index contributed by atoms with van der Waals surface area (Å²) < 4.78 is 5.17. The smallest absolute Gasteiger partial charge is 0.308 e. The van der Waals surface area contributed by atoms with E-state index in [4.69, 9.17) is 22.7 Å². The molecule has 0 spiro atoms. The summed E-state index contributed by atoms with van der Waals surface area (Å²) >= 11 is 4.70. The SMILES string of the molecule is CC(=O)Oc1cccc2c1CCC2=NNC(N)=S. The van der Waals surface area contributed by atoms with Gasteiger partial charge in [-0.15, -0.1) is 0 Å². The van der Waals surface area contributed by atoms with Crippen LogP contribution in [0.15, 0.2) is 23.3 Å². The average Bonchev–Trinajstić information content (AvgIpc) is 2.70. The lowest BCUT2D eigenvalue weighted by Gasteiger charge is -2.07. The monoisotopic (exact) mass is 263 g/mol. The highest BCUT2D eigenvalue weighted by Crippen LogP contribution is 2.30. The highest BCUT2D eigenvalue weighted by Gasteiger charge is 2.22. The first-order chi connectivity index (χ1) is 8.58. The van der Waals surface area contributed by atoms with Gasteiger partial charge in [-0.1, -0.05) is 12.1 Å². The van der Waals surface area contributed by atoms with Gasteiger partial charge >= 0.3 is 5.97 Å². The predicted molar refractivity (Wildman–Crippen MR) is 72.5 cm³/mol. The Morgan fingerprint density at radius 2 is 2.28 bits per heavy atom. The molecule has 6 heteroatoms. The van der Waals surface area contributed by atoms with Crippen molar-refractivity contribution in [3.8, 4) is 5.75 Å². The summed E-state index contributed by atoms with van der Waals surface area (Å²) in [5.41, 5.74) is 10.7. The lowest BCUT2D eigenvalue weighted by molar-refractivity contribution is -0.131. The summed E-state index contributed by atoms with van der Waals surface area (Å²) in [4.78, 5) is 11.0. The third kappa shape index (κ3) is 2.65. The van der Waals surface area contributed by atoms with Gasteiger partial charge in [0.25, 0.3) is 0 Å². The zero-order chi connectivity index (χ0) is 13.1. The molecule has 5 nitrogen and oxygen atoms in total. The van der Waals surface area contributed by atoms with E-state index in [1.165, 1.54) is 6.92 Å². The van der Waals surface area contributed by atoms with Crippen molar-refractivity contribution in [3.05, 3.63) is 29.3 Å². The fourth-order valence-corrected chi connectivity index (χ4v) is 2.01. The van der Waals surface area contributed by atoms with Gasteiger partial charge in [-0.2, -0.15) is 5.10 Å². The Morgan fingerprint density at radius 1 is 1.50 bits per heavy atom. The van der Waals surface area contributed by atoms with Crippen molar-refractivity contribution in [1.82, 2.24) is 5.43 Å². The molecular formula is C12H13N3O2S. The summed E-state index contributed by atoms with van der Waals surface area (Å²) in [6.45, 7) is 1.39. The van der Waals surface area contributed by atoms with Crippen LogP contribution in [0.2, 0.25) is 0 Å². The Kier molecular flexibility index (Phi) is 3.57. The van der Waals surface area contributed by atoms with E-state index in [0.29, 0.717) is 5.75 Å². The summed E-state index contributed by atoms with van der Waals surface area (Å²) in [6, 6.07) is 5.55. The van der Waals surface area contributed by atoms with E-state index in [1.54, 1.807) is 6.07 Å². The second kappa shape index (κ2) is 5.14. The number of hydrogen-bond donors (Lipinski definition) is 2. The molecule has 0 atom stereocenters. The zero-order valence-electron chi connectivity index (χ0n) is 9.90.